The van der Waals surface area contributed by atoms with Crippen molar-refractivity contribution in [1.29, 1.82) is 0 Å². The van der Waals surface area contributed by atoms with Crippen molar-refractivity contribution in [2.45, 2.75) is 90.4 Å². The molecule has 144 valence electrons. The van der Waals surface area contributed by atoms with Gasteiger partial charge in [-0.15, -0.1) is 0 Å². The van der Waals surface area contributed by atoms with Gasteiger partial charge in [0.25, 0.3) is 0 Å². The molecule has 0 aromatic rings. The molecule has 0 heterocycles. The summed E-state index contributed by atoms with van der Waals surface area (Å²) in [6, 6.07) is 0. The molecule has 2 N–H and O–H groups in total. The maximum atomic E-state index is 11.4. The number of hydrogen-bond acceptors (Lipinski definition) is 2. The monoisotopic (exact) mass is 351 g/mol. The van der Waals surface area contributed by atoms with Crippen molar-refractivity contribution >= 4 is 11.9 Å². The Bertz CT molecular complexity index is 389. The second-order valence-corrected chi connectivity index (χ2v) is 6.51. The van der Waals surface area contributed by atoms with Gasteiger partial charge in [0, 0.05) is 13.0 Å². The fourth-order valence-electron chi connectivity index (χ4n) is 2.51. The van der Waals surface area contributed by atoms with E-state index in [0.717, 1.165) is 19.3 Å². The molecule has 4 heteroatoms. The van der Waals surface area contributed by atoms with E-state index in [1.807, 2.05) is 0 Å². The molecule has 0 atom stereocenters. The van der Waals surface area contributed by atoms with E-state index in [1.165, 1.54) is 51.4 Å². The highest BCUT2D eigenvalue weighted by Gasteiger charge is 2.02. The first-order valence-electron chi connectivity index (χ1n) is 9.97. The van der Waals surface area contributed by atoms with Gasteiger partial charge in [0.15, 0.2) is 0 Å². The summed E-state index contributed by atoms with van der Waals surface area (Å²) in [5, 5.41) is 11.1. The van der Waals surface area contributed by atoms with Gasteiger partial charge in [-0.1, -0.05) is 69.8 Å². The Morgan fingerprint density at radius 3 is 1.96 bits per heavy atom. The number of unbranched alkanes of at least 4 members (excludes halogenated alkanes) is 9. The summed E-state index contributed by atoms with van der Waals surface area (Å²) < 4.78 is 0. The van der Waals surface area contributed by atoms with Gasteiger partial charge in [0.2, 0.25) is 5.91 Å². The molecule has 0 saturated heterocycles. The molecule has 0 saturated carbocycles. The highest BCUT2D eigenvalue weighted by Crippen LogP contribution is 2.09. The predicted molar refractivity (Wildman–Crippen MR) is 105 cm³/mol. The highest BCUT2D eigenvalue weighted by molar-refractivity contribution is 5.76. The van der Waals surface area contributed by atoms with Crippen molar-refractivity contribution in [1.82, 2.24) is 5.32 Å². The van der Waals surface area contributed by atoms with Gasteiger partial charge in [-0.05, 0) is 32.1 Å². The minimum atomic E-state index is -0.877. The molecule has 0 aliphatic heterocycles. The fraction of sp³-hybridized carbons (Fsp3) is 0.714. The number of carboxylic acids is 1. The molecule has 0 aliphatic carbocycles. The normalized spacial score (nSPS) is 11.4. The molecule has 0 radical (unpaired) electrons. The smallest absolute Gasteiger partial charge is 0.305 e. The van der Waals surface area contributed by atoms with Gasteiger partial charge in [-0.3, -0.25) is 9.59 Å². The first-order chi connectivity index (χ1) is 12.2. The maximum absolute atomic E-state index is 11.4. The molecule has 0 unspecified atom stereocenters. The molecular weight excluding hydrogens is 314 g/mol. The van der Waals surface area contributed by atoms with Crippen molar-refractivity contribution < 1.29 is 14.7 Å². The quantitative estimate of drug-likeness (QED) is 0.273. The van der Waals surface area contributed by atoms with Gasteiger partial charge >= 0.3 is 5.97 Å². The molecular formula is C21H37NO3. The van der Waals surface area contributed by atoms with Crippen LogP contribution in [-0.2, 0) is 9.59 Å². The van der Waals surface area contributed by atoms with Crippen LogP contribution in [0.2, 0.25) is 0 Å². The van der Waals surface area contributed by atoms with Gasteiger partial charge in [-0.2, -0.15) is 0 Å². The number of carbonyl (C=O) groups excluding carboxylic acids is 1. The summed E-state index contributed by atoms with van der Waals surface area (Å²) in [5.74, 6) is -0.910. The summed E-state index contributed by atoms with van der Waals surface area (Å²) in [6.45, 7) is 2.46. The van der Waals surface area contributed by atoms with Crippen LogP contribution >= 0.6 is 0 Å². The van der Waals surface area contributed by atoms with Crippen LogP contribution in [0.4, 0.5) is 0 Å². The minimum absolute atomic E-state index is 0.00512. The second-order valence-electron chi connectivity index (χ2n) is 6.51. The van der Waals surface area contributed by atoms with Crippen LogP contribution in [0.1, 0.15) is 90.4 Å². The highest BCUT2D eigenvalue weighted by atomic mass is 16.4. The third-order valence-corrected chi connectivity index (χ3v) is 4.04. The van der Waals surface area contributed by atoms with Gasteiger partial charge in [0.1, 0.15) is 0 Å². The molecule has 0 aliphatic rings. The van der Waals surface area contributed by atoms with Crippen molar-refractivity contribution in [3.8, 4) is 0 Å². The van der Waals surface area contributed by atoms with Crippen LogP contribution in [0.25, 0.3) is 0 Å². The lowest BCUT2D eigenvalue weighted by atomic mass is 10.1. The largest absolute Gasteiger partial charge is 0.481 e. The van der Waals surface area contributed by atoms with Crippen LogP contribution < -0.4 is 5.32 Å². The lowest BCUT2D eigenvalue weighted by molar-refractivity contribution is -0.136. The van der Waals surface area contributed by atoms with E-state index in [4.69, 9.17) is 5.11 Å². The number of aliphatic carboxylic acids is 1. The molecule has 0 rings (SSSR count). The zero-order valence-corrected chi connectivity index (χ0v) is 16.0. The van der Waals surface area contributed by atoms with Crippen LogP contribution in [0, 0.1) is 0 Å². The number of rotatable bonds is 17. The molecule has 0 aromatic carbocycles. The number of amides is 1. The van der Waals surface area contributed by atoms with E-state index >= 15 is 0 Å². The molecule has 1 amide bonds. The summed E-state index contributed by atoms with van der Waals surface area (Å²) in [4.78, 5) is 21.8. The molecule has 0 spiro atoms. The van der Waals surface area contributed by atoms with E-state index < -0.39 is 5.97 Å². The van der Waals surface area contributed by atoms with Crippen molar-refractivity contribution in [3.63, 3.8) is 0 Å². The van der Waals surface area contributed by atoms with Crippen LogP contribution in [0.5, 0.6) is 0 Å². The third-order valence-electron chi connectivity index (χ3n) is 4.04. The summed E-state index contributed by atoms with van der Waals surface area (Å²) in [6.07, 6.45) is 22.4. The summed E-state index contributed by atoms with van der Waals surface area (Å²) in [5.41, 5.74) is 0. The topological polar surface area (TPSA) is 66.4 Å². The molecule has 0 aromatic heterocycles. The number of carboxylic acid groups (broad SMARTS) is 1. The average Bonchev–Trinajstić information content (AvgIpc) is 2.58. The third kappa shape index (κ3) is 20.4. The van der Waals surface area contributed by atoms with Crippen LogP contribution in [-0.4, -0.2) is 23.5 Å². The van der Waals surface area contributed by atoms with Crippen LogP contribution in [0.3, 0.4) is 0 Å². The minimum Gasteiger partial charge on any atom is -0.481 e. The standard InChI is InChI=1S/C21H37NO3/c1-2-3-4-5-6-7-8-9-10-11-12-13-14-15-16-17-20(23)22-19-18-21(24)25/h6-9H,2-5,10-19H2,1H3,(H,22,23)(H,24,25)/b7-6-,9-8+. The van der Waals surface area contributed by atoms with Gasteiger partial charge < -0.3 is 10.4 Å². The Hall–Kier alpha value is -1.58. The summed E-state index contributed by atoms with van der Waals surface area (Å²) >= 11 is 0. The van der Waals surface area contributed by atoms with E-state index in [1.54, 1.807) is 0 Å². The zero-order valence-electron chi connectivity index (χ0n) is 16.0. The number of carbonyl (C=O) groups is 2. The predicted octanol–water partition coefficient (Wildman–Crippen LogP) is 5.39. The Morgan fingerprint density at radius 2 is 1.36 bits per heavy atom. The SMILES string of the molecule is CCCCC/C=C\C=C\CCCCCCCCC(=O)NCCC(=O)O. The van der Waals surface area contributed by atoms with Crippen molar-refractivity contribution in [3.05, 3.63) is 24.3 Å². The summed E-state index contributed by atoms with van der Waals surface area (Å²) in [7, 11) is 0. The van der Waals surface area contributed by atoms with Gasteiger partial charge in [0.05, 0.1) is 6.42 Å². The number of nitrogens with one attached hydrogen (secondary N) is 1. The number of allylic oxidation sites excluding steroid dienone is 4. The Balaban J connectivity index is 3.28. The van der Waals surface area contributed by atoms with Crippen molar-refractivity contribution in [2.24, 2.45) is 0 Å². The molecule has 25 heavy (non-hydrogen) atoms. The average molecular weight is 352 g/mol. The zero-order chi connectivity index (χ0) is 18.6. The van der Waals surface area contributed by atoms with E-state index in [0.29, 0.717) is 6.42 Å². The Kier molecular flexibility index (Phi) is 17.6. The van der Waals surface area contributed by atoms with Crippen LogP contribution in [0.15, 0.2) is 24.3 Å². The second kappa shape index (κ2) is 18.8. The fourth-order valence-corrected chi connectivity index (χ4v) is 2.51. The lowest BCUT2D eigenvalue weighted by Crippen LogP contribution is -2.25. The lowest BCUT2D eigenvalue weighted by Gasteiger charge is -2.03. The van der Waals surface area contributed by atoms with Crippen molar-refractivity contribution in [2.75, 3.05) is 6.54 Å². The van der Waals surface area contributed by atoms with E-state index in [-0.39, 0.29) is 18.9 Å². The molecule has 4 nitrogen and oxygen atoms in total. The maximum Gasteiger partial charge on any atom is 0.305 e. The first kappa shape index (κ1) is 23.4. The van der Waals surface area contributed by atoms with E-state index in [2.05, 4.69) is 36.5 Å². The number of hydrogen-bond donors (Lipinski definition) is 2. The Labute approximate surface area is 153 Å². The molecule has 0 bridgehead atoms. The Morgan fingerprint density at radius 1 is 0.800 bits per heavy atom. The first-order valence-corrected chi connectivity index (χ1v) is 9.97. The molecule has 0 fully saturated rings. The van der Waals surface area contributed by atoms with Gasteiger partial charge in [-0.25, -0.2) is 0 Å². The van der Waals surface area contributed by atoms with E-state index in [9.17, 15) is 9.59 Å².